The highest BCUT2D eigenvalue weighted by Gasteiger charge is 2.04. The van der Waals surface area contributed by atoms with Crippen LogP contribution in [0.2, 0.25) is 0 Å². The second-order valence-electron chi connectivity index (χ2n) is 3.21. The summed E-state index contributed by atoms with van der Waals surface area (Å²) in [5.74, 6) is 0.118. The third-order valence-electron chi connectivity index (χ3n) is 2.17. The van der Waals surface area contributed by atoms with Crippen molar-refractivity contribution in [1.29, 1.82) is 5.26 Å². The molecule has 94 valence electrons. The fourth-order valence-electron chi connectivity index (χ4n) is 1.47. The number of ether oxygens (including phenoxy) is 1. The van der Waals surface area contributed by atoms with Gasteiger partial charge in [-0.25, -0.2) is 0 Å². The third kappa shape index (κ3) is 3.42. The van der Waals surface area contributed by atoms with Gasteiger partial charge in [0.1, 0.15) is 5.75 Å². The van der Waals surface area contributed by atoms with Crippen molar-refractivity contribution in [2.75, 3.05) is 0 Å². The summed E-state index contributed by atoms with van der Waals surface area (Å²) in [7, 11) is 0. The molecule has 0 aliphatic heterocycles. The summed E-state index contributed by atoms with van der Waals surface area (Å²) in [6.45, 7) is 1.18. The molecule has 0 saturated heterocycles. The molecule has 2 aromatic carbocycles. The van der Waals surface area contributed by atoms with Crippen molar-refractivity contribution in [1.82, 2.24) is 0 Å². The monoisotopic (exact) mass is 249 g/mol. The van der Waals surface area contributed by atoms with Gasteiger partial charge in [-0.15, -0.1) is 0 Å². The van der Waals surface area contributed by atoms with E-state index in [-0.39, 0.29) is 5.75 Å². The van der Waals surface area contributed by atoms with Crippen LogP contribution in [0.15, 0.2) is 36.4 Å². The maximum Gasteiger partial charge on any atom is 0.387 e. The van der Waals surface area contributed by atoms with E-state index in [1.165, 1.54) is 12.1 Å². The van der Waals surface area contributed by atoms with Gasteiger partial charge in [0.15, 0.2) is 0 Å². The Labute approximate surface area is 104 Å². The molecule has 0 fully saturated rings. The van der Waals surface area contributed by atoms with Crippen LogP contribution in [0.4, 0.5) is 8.78 Å². The lowest BCUT2D eigenvalue weighted by molar-refractivity contribution is -0.0497. The predicted octanol–water partition coefficient (Wildman–Crippen LogP) is 4.34. The molecule has 0 aliphatic rings. The SMILES string of the molecule is CC.N#Cc1ccc2cc(OC(F)F)ccc2c1. The smallest absolute Gasteiger partial charge is 0.387 e. The molecule has 0 atom stereocenters. The first kappa shape index (κ1) is 13.9. The molecular formula is C14H13F2NO. The van der Waals surface area contributed by atoms with E-state index in [9.17, 15) is 8.78 Å². The molecule has 2 nitrogen and oxygen atoms in total. The molecule has 0 unspecified atom stereocenters. The predicted molar refractivity (Wildman–Crippen MR) is 66.6 cm³/mol. The molecule has 2 aromatic rings. The number of nitrogens with zero attached hydrogens (tertiary/aromatic N) is 1. The molecule has 0 N–H and O–H groups in total. The first-order valence-electron chi connectivity index (χ1n) is 5.58. The van der Waals surface area contributed by atoms with Crippen LogP contribution in [-0.2, 0) is 0 Å². The van der Waals surface area contributed by atoms with Gasteiger partial charge in [0, 0.05) is 0 Å². The zero-order chi connectivity index (χ0) is 13.5. The number of nitriles is 1. The van der Waals surface area contributed by atoms with Crippen LogP contribution in [0.25, 0.3) is 10.8 Å². The number of hydrogen-bond acceptors (Lipinski definition) is 2. The number of alkyl halides is 2. The zero-order valence-corrected chi connectivity index (χ0v) is 10.2. The molecular weight excluding hydrogens is 236 g/mol. The number of benzene rings is 2. The molecule has 0 amide bonds. The second-order valence-corrected chi connectivity index (χ2v) is 3.21. The normalized spacial score (nSPS) is 9.56. The van der Waals surface area contributed by atoms with Crippen molar-refractivity contribution in [3.05, 3.63) is 42.0 Å². The van der Waals surface area contributed by atoms with Crippen molar-refractivity contribution in [2.45, 2.75) is 20.5 Å². The van der Waals surface area contributed by atoms with Gasteiger partial charge in [0.25, 0.3) is 0 Å². The lowest BCUT2D eigenvalue weighted by Gasteiger charge is -2.05. The van der Waals surface area contributed by atoms with E-state index in [4.69, 9.17) is 5.26 Å². The highest BCUT2D eigenvalue weighted by Crippen LogP contribution is 2.23. The van der Waals surface area contributed by atoms with Crippen molar-refractivity contribution >= 4 is 10.8 Å². The van der Waals surface area contributed by atoms with Crippen LogP contribution in [0.1, 0.15) is 19.4 Å². The molecule has 2 rings (SSSR count). The van der Waals surface area contributed by atoms with Crippen molar-refractivity contribution in [2.24, 2.45) is 0 Å². The molecule has 4 heteroatoms. The maximum atomic E-state index is 12.0. The second kappa shape index (κ2) is 6.55. The Morgan fingerprint density at radius 2 is 1.67 bits per heavy atom. The first-order valence-corrected chi connectivity index (χ1v) is 5.58. The van der Waals surface area contributed by atoms with Gasteiger partial charge in [-0.05, 0) is 35.0 Å². The fraction of sp³-hybridized carbons (Fsp3) is 0.214. The van der Waals surface area contributed by atoms with Crippen LogP contribution in [0, 0.1) is 11.3 Å². The van der Waals surface area contributed by atoms with Gasteiger partial charge in [0.05, 0.1) is 11.6 Å². The molecule has 18 heavy (non-hydrogen) atoms. The minimum absolute atomic E-state index is 0.118. The van der Waals surface area contributed by atoms with Crippen LogP contribution in [0.3, 0.4) is 0 Å². The topological polar surface area (TPSA) is 33.0 Å². The van der Waals surface area contributed by atoms with E-state index in [1.807, 2.05) is 19.9 Å². The Morgan fingerprint density at radius 1 is 1.06 bits per heavy atom. The Balaban J connectivity index is 0.000000771. The van der Waals surface area contributed by atoms with Gasteiger partial charge in [-0.2, -0.15) is 14.0 Å². The molecule has 0 aromatic heterocycles. The summed E-state index contributed by atoms with van der Waals surface area (Å²) >= 11 is 0. The Hall–Kier alpha value is -2.15. The summed E-state index contributed by atoms with van der Waals surface area (Å²) < 4.78 is 28.2. The maximum absolute atomic E-state index is 12.0. The molecule has 0 saturated carbocycles. The van der Waals surface area contributed by atoms with Crippen LogP contribution >= 0.6 is 0 Å². The van der Waals surface area contributed by atoms with Gasteiger partial charge in [0.2, 0.25) is 0 Å². The largest absolute Gasteiger partial charge is 0.435 e. The summed E-state index contributed by atoms with van der Waals surface area (Å²) in [4.78, 5) is 0. The van der Waals surface area contributed by atoms with E-state index in [0.29, 0.717) is 5.56 Å². The number of halogens is 2. The standard InChI is InChI=1S/C12H7F2NO.C2H6/c13-12(14)16-11-4-3-9-5-8(7-15)1-2-10(9)6-11;1-2/h1-6,12H;1-2H3. The first-order chi connectivity index (χ1) is 8.69. The van der Waals surface area contributed by atoms with Gasteiger partial charge in [-0.1, -0.05) is 26.0 Å². The summed E-state index contributed by atoms with van der Waals surface area (Å²) in [6.07, 6.45) is 0. The van der Waals surface area contributed by atoms with E-state index in [1.54, 1.807) is 24.3 Å². The summed E-state index contributed by atoms with van der Waals surface area (Å²) in [5.41, 5.74) is 0.537. The highest BCUT2D eigenvalue weighted by atomic mass is 19.3. The number of rotatable bonds is 2. The van der Waals surface area contributed by atoms with Crippen molar-refractivity contribution in [3.63, 3.8) is 0 Å². The quantitative estimate of drug-likeness (QED) is 0.793. The molecule has 0 radical (unpaired) electrons. The molecule has 0 bridgehead atoms. The minimum atomic E-state index is -2.82. The average Bonchev–Trinajstić information content (AvgIpc) is 2.39. The fourth-order valence-corrected chi connectivity index (χ4v) is 1.47. The van der Waals surface area contributed by atoms with E-state index >= 15 is 0 Å². The van der Waals surface area contributed by atoms with Crippen LogP contribution in [-0.4, -0.2) is 6.61 Å². The lowest BCUT2D eigenvalue weighted by atomic mass is 10.1. The highest BCUT2D eigenvalue weighted by molar-refractivity contribution is 5.85. The average molecular weight is 249 g/mol. The lowest BCUT2D eigenvalue weighted by Crippen LogP contribution is -2.01. The minimum Gasteiger partial charge on any atom is -0.435 e. The zero-order valence-electron chi connectivity index (χ0n) is 10.2. The van der Waals surface area contributed by atoms with E-state index < -0.39 is 6.61 Å². The third-order valence-corrected chi connectivity index (χ3v) is 2.17. The Morgan fingerprint density at radius 3 is 2.28 bits per heavy atom. The molecule has 0 spiro atoms. The molecule has 0 aliphatic carbocycles. The Kier molecular flexibility index (Phi) is 5.06. The Bertz CT molecular complexity index is 561. The van der Waals surface area contributed by atoms with Crippen LogP contribution in [0.5, 0.6) is 5.75 Å². The van der Waals surface area contributed by atoms with Crippen molar-refractivity contribution in [3.8, 4) is 11.8 Å². The van der Waals surface area contributed by atoms with Crippen molar-refractivity contribution < 1.29 is 13.5 Å². The van der Waals surface area contributed by atoms with E-state index in [2.05, 4.69) is 4.74 Å². The van der Waals surface area contributed by atoms with Crippen LogP contribution < -0.4 is 4.74 Å². The molecule has 0 heterocycles. The summed E-state index contributed by atoms with van der Waals surface area (Å²) in [5, 5.41) is 10.3. The summed E-state index contributed by atoms with van der Waals surface area (Å²) in [6, 6.07) is 11.7. The van der Waals surface area contributed by atoms with Gasteiger partial charge >= 0.3 is 6.61 Å². The number of fused-ring (bicyclic) bond motifs is 1. The van der Waals surface area contributed by atoms with Gasteiger partial charge < -0.3 is 4.74 Å². The van der Waals surface area contributed by atoms with Gasteiger partial charge in [-0.3, -0.25) is 0 Å². The van der Waals surface area contributed by atoms with E-state index in [0.717, 1.165) is 10.8 Å². The number of hydrogen-bond donors (Lipinski definition) is 0.